The standard InChI is InChI=1S/C17H19N3O5S2/c21-15(13-3-1-2-4-14(13)16(22)23)19-11-5-7-12(8-6-11)27(24,25)20-17-18-9-10-26-17/h5-10,13-14H,1-4H2,(H,18,20)(H,19,21)(H,22,23)/t13-,14-/m0/s1. The molecule has 1 aliphatic carbocycles. The Bertz CT molecular complexity index is 911. The van der Waals surface area contributed by atoms with Gasteiger partial charge in [0.15, 0.2) is 5.13 Å². The lowest BCUT2D eigenvalue weighted by Gasteiger charge is -2.27. The van der Waals surface area contributed by atoms with Crippen LogP contribution in [0.25, 0.3) is 0 Å². The summed E-state index contributed by atoms with van der Waals surface area (Å²) in [6.45, 7) is 0. The van der Waals surface area contributed by atoms with Crippen molar-refractivity contribution >= 4 is 44.1 Å². The maximum Gasteiger partial charge on any atom is 0.307 e. The van der Waals surface area contributed by atoms with Gasteiger partial charge in [-0.25, -0.2) is 13.4 Å². The predicted octanol–water partition coefficient (Wildman–Crippen LogP) is 2.77. The molecule has 1 aliphatic rings. The van der Waals surface area contributed by atoms with Crippen molar-refractivity contribution in [3.8, 4) is 0 Å². The van der Waals surface area contributed by atoms with Crippen molar-refractivity contribution in [3.63, 3.8) is 0 Å². The van der Waals surface area contributed by atoms with Crippen LogP contribution in [0.2, 0.25) is 0 Å². The van der Waals surface area contributed by atoms with Crippen molar-refractivity contribution in [3.05, 3.63) is 35.8 Å². The second-order valence-electron chi connectivity index (χ2n) is 6.29. The highest BCUT2D eigenvalue weighted by atomic mass is 32.2. The lowest BCUT2D eigenvalue weighted by atomic mass is 9.78. The molecule has 2 atom stereocenters. The molecule has 27 heavy (non-hydrogen) atoms. The van der Waals surface area contributed by atoms with Crippen LogP contribution in [0.15, 0.2) is 40.7 Å². The molecule has 1 saturated carbocycles. The summed E-state index contributed by atoms with van der Waals surface area (Å²) in [5.74, 6) is -2.56. The van der Waals surface area contributed by atoms with Crippen LogP contribution in [0.5, 0.6) is 0 Å². The number of anilines is 2. The van der Waals surface area contributed by atoms with Gasteiger partial charge < -0.3 is 10.4 Å². The van der Waals surface area contributed by atoms with Crippen LogP contribution in [0.3, 0.4) is 0 Å². The van der Waals surface area contributed by atoms with Gasteiger partial charge in [0.05, 0.1) is 16.7 Å². The molecule has 0 bridgehead atoms. The molecule has 3 rings (SSSR count). The lowest BCUT2D eigenvalue weighted by molar-refractivity contribution is -0.147. The van der Waals surface area contributed by atoms with Gasteiger partial charge in [0, 0.05) is 17.3 Å². The number of thiazole rings is 1. The summed E-state index contributed by atoms with van der Waals surface area (Å²) >= 11 is 1.17. The first-order valence-corrected chi connectivity index (χ1v) is 10.8. The Balaban J connectivity index is 1.68. The molecular weight excluding hydrogens is 390 g/mol. The average Bonchev–Trinajstić information content (AvgIpc) is 3.14. The minimum absolute atomic E-state index is 0.0387. The summed E-state index contributed by atoms with van der Waals surface area (Å²) in [6.07, 6.45) is 4.15. The second kappa shape index (κ2) is 8.05. The molecule has 0 unspecified atom stereocenters. The summed E-state index contributed by atoms with van der Waals surface area (Å²) in [7, 11) is -3.76. The molecule has 1 aromatic heterocycles. The fourth-order valence-corrected chi connectivity index (χ4v) is 4.93. The molecule has 1 fully saturated rings. The maximum atomic E-state index is 12.5. The number of nitrogens with one attached hydrogen (secondary N) is 2. The normalized spacial score (nSPS) is 20.0. The number of rotatable bonds is 6. The molecule has 8 nitrogen and oxygen atoms in total. The molecule has 0 aliphatic heterocycles. The molecular formula is C17H19N3O5S2. The third-order valence-electron chi connectivity index (χ3n) is 4.51. The smallest absolute Gasteiger partial charge is 0.307 e. The maximum absolute atomic E-state index is 12.5. The topological polar surface area (TPSA) is 125 Å². The van der Waals surface area contributed by atoms with Gasteiger partial charge in [-0.05, 0) is 37.1 Å². The van der Waals surface area contributed by atoms with Crippen LogP contribution in [-0.4, -0.2) is 30.4 Å². The number of hydrogen-bond donors (Lipinski definition) is 3. The van der Waals surface area contributed by atoms with E-state index < -0.39 is 27.8 Å². The summed E-state index contributed by atoms with van der Waals surface area (Å²) in [5.41, 5.74) is 0.419. The number of carboxylic acids is 1. The van der Waals surface area contributed by atoms with Crippen molar-refractivity contribution in [2.24, 2.45) is 11.8 Å². The van der Waals surface area contributed by atoms with Gasteiger partial charge in [-0.2, -0.15) is 0 Å². The van der Waals surface area contributed by atoms with E-state index in [4.69, 9.17) is 0 Å². The van der Waals surface area contributed by atoms with Crippen LogP contribution < -0.4 is 10.0 Å². The van der Waals surface area contributed by atoms with E-state index in [1.807, 2.05) is 0 Å². The van der Waals surface area contributed by atoms with Crippen LogP contribution in [0.1, 0.15) is 25.7 Å². The highest BCUT2D eigenvalue weighted by Gasteiger charge is 2.35. The van der Waals surface area contributed by atoms with Crippen LogP contribution in [-0.2, 0) is 19.6 Å². The zero-order chi connectivity index (χ0) is 19.4. The van der Waals surface area contributed by atoms with Gasteiger partial charge in [0.25, 0.3) is 10.0 Å². The van der Waals surface area contributed by atoms with Crippen molar-refractivity contribution in [2.45, 2.75) is 30.6 Å². The number of sulfonamides is 1. The number of carbonyl (C=O) groups excluding carboxylic acids is 1. The third-order valence-corrected chi connectivity index (χ3v) is 6.68. The molecule has 144 valence electrons. The monoisotopic (exact) mass is 409 g/mol. The molecule has 3 N–H and O–H groups in total. The lowest BCUT2D eigenvalue weighted by Crippen LogP contribution is -2.36. The second-order valence-corrected chi connectivity index (χ2v) is 8.87. The Morgan fingerprint density at radius 1 is 1.11 bits per heavy atom. The van der Waals surface area contributed by atoms with Crippen molar-refractivity contribution in [2.75, 3.05) is 10.0 Å². The largest absolute Gasteiger partial charge is 0.481 e. The molecule has 0 saturated heterocycles. The molecule has 1 amide bonds. The highest BCUT2D eigenvalue weighted by Crippen LogP contribution is 2.31. The molecule has 0 spiro atoms. The van der Waals surface area contributed by atoms with Gasteiger partial charge in [0.1, 0.15) is 0 Å². The molecule has 1 heterocycles. The van der Waals surface area contributed by atoms with E-state index in [2.05, 4.69) is 15.0 Å². The van der Waals surface area contributed by atoms with Crippen molar-refractivity contribution in [1.29, 1.82) is 0 Å². The van der Waals surface area contributed by atoms with Crippen molar-refractivity contribution in [1.82, 2.24) is 4.98 Å². The number of aromatic nitrogens is 1. The number of benzene rings is 1. The van der Waals surface area contributed by atoms with E-state index >= 15 is 0 Å². The van der Waals surface area contributed by atoms with E-state index in [9.17, 15) is 23.1 Å². The van der Waals surface area contributed by atoms with E-state index in [0.29, 0.717) is 18.5 Å². The Labute approximate surface area is 160 Å². The Hall–Kier alpha value is -2.46. The fraction of sp³-hybridized carbons (Fsp3) is 0.353. The molecule has 0 radical (unpaired) electrons. The van der Waals surface area contributed by atoms with E-state index in [1.54, 1.807) is 5.38 Å². The number of carbonyl (C=O) groups is 2. The number of carboxylic acid groups (broad SMARTS) is 1. The van der Waals surface area contributed by atoms with Gasteiger partial charge in [-0.15, -0.1) is 11.3 Å². The zero-order valence-corrected chi connectivity index (χ0v) is 15.9. The molecule has 10 heteroatoms. The summed E-state index contributed by atoms with van der Waals surface area (Å²) in [6, 6.07) is 5.71. The Kier molecular flexibility index (Phi) is 5.76. The average molecular weight is 409 g/mol. The quantitative estimate of drug-likeness (QED) is 0.674. The first-order chi connectivity index (χ1) is 12.9. The first-order valence-electron chi connectivity index (χ1n) is 8.43. The summed E-state index contributed by atoms with van der Waals surface area (Å²) in [5, 5.41) is 13.9. The van der Waals surface area contributed by atoms with Gasteiger partial charge in [0.2, 0.25) is 5.91 Å². The molecule has 2 aromatic rings. The van der Waals surface area contributed by atoms with Gasteiger partial charge >= 0.3 is 5.97 Å². The number of nitrogens with zero attached hydrogens (tertiary/aromatic N) is 1. The zero-order valence-electron chi connectivity index (χ0n) is 14.3. The fourth-order valence-electron chi connectivity index (χ4n) is 3.14. The van der Waals surface area contributed by atoms with Crippen molar-refractivity contribution < 1.29 is 23.1 Å². The predicted molar refractivity (Wildman–Crippen MR) is 101 cm³/mol. The van der Waals surface area contributed by atoms with Crippen LogP contribution in [0.4, 0.5) is 10.8 Å². The summed E-state index contributed by atoms with van der Waals surface area (Å²) < 4.78 is 27.0. The third kappa shape index (κ3) is 4.64. The van der Waals surface area contributed by atoms with Crippen LogP contribution in [0, 0.1) is 11.8 Å². The summed E-state index contributed by atoms with van der Waals surface area (Å²) in [4.78, 5) is 27.7. The van der Waals surface area contributed by atoms with Gasteiger partial charge in [-0.1, -0.05) is 12.8 Å². The van der Waals surface area contributed by atoms with Crippen LogP contribution >= 0.6 is 11.3 Å². The van der Waals surface area contributed by atoms with Gasteiger partial charge in [-0.3, -0.25) is 14.3 Å². The van der Waals surface area contributed by atoms with E-state index in [-0.39, 0.29) is 15.9 Å². The highest BCUT2D eigenvalue weighted by molar-refractivity contribution is 7.93. The minimum Gasteiger partial charge on any atom is -0.481 e. The van der Waals surface area contributed by atoms with E-state index in [0.717, 1.165) is 12.8 Å². The number of amides is 1. The Morgan fingerprint density at radius 2 is 1.78 bits per heavy atom. The SMILES string of the molecule is O=C(O)[C@H]1CCCC[C@@H]1C(=O)Nc1ccc(S(=O)(=O)Nc2nccs2)cc1. The Morgan fingerprint density at radius 3 is 2.37 bits per heavy atom. The first kappa shape index (κ1) is 19.3. The number of aliphatic carboxylic acids is 1. The number of hydrogen-bond acceptors (Lipinski definition) is 6. The molecule has 1 aromatic carbocycles. The minimum atomic E-state index is -3.76. The van der Waals surface area contributed by atoms with E-state index in [1.165, 1.54) is 41.8 Å².